The average Bonchev–Trinajstić information content (AvgIpc) is 3.27. The highest BCUT2D eigenvalue weighted by Crippen LogP contribution is 2.21. The third-order valence-electron chi connectivity index (χ3n) is 5.48. The van der Waals surface area contributed by atoms with Gasteiger partial charge < -0.3 is 20.6 Å². The van der Waals surface area contributed by atoms with Crippen LogP contribution in [0.3, 0.4) is 0 Å². The van der Waals surface area contributed by atoms with Gasteiger partial charge in [0.2, 0.25) is 11.8 Å². The van der Waals surface area contributed by atoms with Gasteiger partial charge in [-0.2, -0.15) is 15.4 Å². The summed E-state index contributed by atoms with van der Waals surface area (Å²) in [5, 5.41) is 25.2. The molecule has 1 aromatic heterocycles. The van der Waals surface area contributed by atoms with Crippen molar-refractivity contribution in [3.8, 4) is 0 Å². The summed E-state index contributed by atoms with van der Waals surface area (Å²) in [6, 6.07) is -0.760. The lowest BCUT2D eigenvalue weighted by molar-refractivity contribution is -0.138. The quantitative estimate of drug-likeness (QED) is 0.477. The highest BCUT2D eigenvalue weighted by atomic mass is 16.4. The first-order chi connectivity index (χ1) is 14.0. The van der Waals surface area contributed by atoms with Gasteiger partial charge in [-0.3, -0.25) is 14.4 Å². The molecular formula is C19H28N6O4. The lowest BCUT2D eigenvalue weighted by Crippen LogP contribution is -2.46. The van der Waals surface area contributed by atoms with Crippen LogP contribution in [-0.2, 0) is 14.4 Å². The van der Waals surface area contributed by atoms with Crippen LogP contribution in [0.5, 0.6) is 0 Å². The van der Waals surface area contributed by atoms with E-state index in [0.29, 0.717) is 31.1 Å². The largest absolute Gasteiger partial charge is 0.481 e. The number of rotatable bonds is 7. The lowest BCUT2D eigenvalue weighted by Gasteiger charge is -2.32. The molecule has 2 aliphatic rings. The number of amides is 2. The number of carbonyl (C=O) groups excluding carboxylic acids is 2. The third-order valence-corrected chi connectivity index (χ3v) is 5.48. The molecule has 0 radical (unpaired) electrons. The number of carboxylic acid groups (broad SMARTS) is 1. The second-order valence-corrected chi connectivity index (χ2v) is 7.62. The van der Waals surface area contributed by atoms with E-state index >= 15 is 0 Å². The van der Waals surface area contributed by atoms with E-state index < -0.39 is 12.0 Å². The van der Waals surface area contributed by atoms with Crippen LogP contribution in [0.2, 0.25) is 0 Å². The molecule has 0 aromatic carbocycles. The summed E-state index contributed by atoms with van der Waals surface area (Å²) in [4.78, 5) is 38.1. The fourth-order valence-corrected chi connectivity index (χ4v) is 3.82. The van der Waals surface area contributed by atoms with Crippen molar-refractivity contribution in [3.63, 3.8) is 0 Å². The van der Waals surface area contributed by atoms with Crippen molar-refractivity contribution < 1.29 is 19.5 Å². The standard InChI is InChI=1S/C19H28N6O4/c26-17(4-3-13-5-7-20-8-6-13)25-9-1-2-14(12-25)19(29)22-15(10-18(27)28)16-11-21-24-23-16/h3-4,11,13-15,20H,1-2,5-10,12H2,(H,22,29)(H,27,28)(H,21,23,24)/b4-3+/t14-,15+/m1/s1. The van der Waals surface area contributed by atoms with Gasteiger partial charge in [0.25, 0.3) is 0 Å². The number of likely N-dealkylation sites (tertiary alicyclic amines) is 1. The Balaban J connectivity index is 1.55. The summed E-state index contributed by atoms with van der Waals surface area (Å²) in [7, 11) is 0. The molecule has 3 heterocycles. The normalized spacial score (nSPS) is 21.8. The monoisotopic (exact) mass is 404 g/mol. The van der Waals surface area contributed by atoms with Gasteiger partial charge in [-0.25, -0.2) is 0 Å². The molecule has 0 unspecified atom stereocenters. The average molecular weight is 404 g/mol. The number of aromatic amines is 1. The van der Waals surface area contributed by atoms with Gasteiger partial charge in [-0.05, 0) is 50.8 Å². The molecule has 0 bridgehead atoms. The van der Waals surface area contributed by atoms with Crippen molar-refractivity contribution in [1.82, 2.24) is 30.9 Å². The zero-order valence-corrected chi connectivity index (χ0v) is 16.3. The number of aromatic nitrogens is 3. The lowest BCUT2D eigenvalue weighted by atomic mass is 9.95. The maximum atomic E-state index is 12.7. The van der Waals surface area contributed by atoms with Gasteiger partial charge in [0, 0.05) is 13.1 Å². The van der Waals surface area contributed by atoms with E-state index in [0.717, 1.165) is 32.4 Å². The first-order valence-corrected chi connectivity index (χ1v) is 10.1. The Bertz CT molecular complexity index is 729. The number of hydrogen-bond acceptors (Lipinski definition) is 6. The van der Waals surface area contributed by atoms with E-state index in [4.69, 9.17) is 5.11 Å². The Kier molecular flexibility index (Phi) is 7.34. The van der Waals surface area contributed by atoms with Gasteiger partial charge >= 0.3 is 5.97 Å². The molecule has 0 saturated carbocycles. The fraction of sp³-hybridized carbons (Fsp3) is 0.632. The molecule has 10 heteroatoms. The predicted molar refractivity (Wildman–Crippen MR) is 104 cm³/mol. The molecule has 2 atom stereocenters. The van der Waals surface area contributed by atoms with Crippen LogP contribution in [-0.4, -0.2) is 69.4 Å². The van der Waals surface area contributed by atoms with E-state index in [1.54, 1.807) is 11.0 Å². The third kappa shape index (κ3) is 6.11. The summed E-state index contributed by atoms with van der Waals surface area (Å²) in [5.41, 5.74) is 0.370. The first-order valence-electron chi connectivity index (χ1n) is 10.1. The molecule has 3 rings (SSSR count). The number of hydrogen-bond donors (Lipinski definition) is 4. The molecule has 2 aliphatic heterocycles. The Morgan fingerprint density at radius 1 is 1.31 bits per heavy atom. The molecule has 2 amide bonds. The van der Waals surface area contributed by atoms with Crippen LogP contribution in [0, 0.1) is 11.8 Å². The minimum atomic E-state index is -1.04. The van der Waals surface area contributed by atoms with Gasteiger partial charge in [-0.1, -0.05) is 6.08 Å². The minimum absolute atomic E-state index is 0.0698. The summed E-state index contributed by atoms with van der Waals surface area (Å²) in [5.74, 6) is -1.33. The van der Waals surface area contributed by atoms with Crippen molar-refractivity contribution >= 4 is 17.8 Å². The molecule has 158 valence electrons. The Hall–Kier alpha value is -2.75. The summed E-state index contributed by atoms with van der Waals surface area (Å²) < 4.78 is 0. The Morgan fingerprint density at radius 2 is 2.10 bits per heavy atom. The number of nitrogens with one attached hydrogen (secondary N) is 3. The number of piperidine rings is 2. The number of carbonyl (C=O) groups is 3. The summed E-state index contributed by atoms with van der Waals surface area (Å²) >= 11 is 0. The summed E-state index contributed by atoms with van der Waals surface area (Å²) in [6.45, 7) is 2.90. The molecule has 4 N–H and O–H groups in total. The molecular weight excluding hydrogens is 376 g/mol. The molecule has 29 heavy (non-hydrogen) atoms. The molecule has 2 fully saturated rings. The van der Waals surface area contributed by atoms with Gasteiger partial charge in [0.1, 0.15) is 5.69 Å². The van der Waals surface area contributed by atoms with Crippen LogP contribution in [0.1, 0.15) is 43.8 Å². The van der Waals surface area contributed by atoms with E-state index in [2.05, 4.69) is 26.0 Å². The van der Waals surface area contributed by atoms with Crippen molar-refractivity contribution in [2.75, 3.05) is 26.2 Å². The number of allylic oxidation sites excluding steroid dienone is 1. The number of nitrogens with zero attached hydrogens (tertiary/aromatic N) is 3. The SMILES string of the molecule is O=C(O)C[C@H](NC(=O)[C@@H]1CCCN(C(=O)/C=C/C2CCNCC2)C1)c1cn[nH]n1. The van der Waals surface area contributed by atoms with E-state index in [1.807, 2.05) is 6.08 Å². The highest BCUT2D eigenvalue weighted by molar-refractivity contribution is 5.88. The fourth-order valence-electron chi connectivity index (χ4n) is 3.82. The molecule has 10 nitrogen and oxygen atoms in total. The molecule has 0 spiro atoms. The van der Waals surface area contributed by atoms with Crippen molar-refractivity contribution in [3.05, 3.63) is 24.0 Å². The molecule has 2 saturated heterocycles. The second-order valence-electron chi connectivity index (χ2n) is 7.62. The number of carboxylic acids is 1. The zero-order valence-electron chi connectivity index (χ0n) is 16.3. The molecule has 0 aliphatic carbocycles. The highest BCUT2D eigenvalue weighted by Gasteiger charge is 2.30. The van der Waals surface area contributed by atoms with Crippen LogP contribution in [0.4, 0.5) is 0 Å². The van der Waals surface area contributed by atoms with Crippen molar-refractivity contribution in [2.45, 2.75) is 38.1 Å². The minimum Gasteiger partial charge on any atom is -0.481 e. The van der Waals surface area contributed by atoms with E-state index in [-0.39, 0.29) is 24.2 Å². The smallest absolute Gasteiger partial charge is 0.305 e. The van der Waals surface area contributed by atoms with Crippen molar-refractivity contribution in [2.24, 2.45) is 11.8 Å². The van der Waals surface area contributed by atoms with E-state index in [9.17, 15) is 14.4 Å². The van der Waals surface area contributed by atoms with Crippen molar-refractivity contribution in [1.29, 1.82) is 0 Å². The van der Waals surface area contributed by atoms with Gasteiger partial charge in [0.15, 0.2) is 0 Å². The Labute approximate surface area is 169 Å². The molecule has 1 aromatic rings. The van der Waals surface area contributed by atoms with Gasteiger partial charge in [-0.15, -0.1) is 0 Å². The number of H-pyrrole nitrogens is 1. The maximum Gasteiger partial charge on any atom is 0.305 e. The van der Waals surface area contributed by atoms with Crippen LogP contribution in [0.15, 0.2) is 18.3 Å². The second kappa shape index (κ2) is 10.1. The predicted octanol–water partition coefficient (Wildman–Crippen LogP) is 0.231. The number of aliphatic carboxylic acids is 1. The summed E-state index contributed by atoms with van der Waals surface area (Å²) in [6.07, 6.45) is 8.19. The zero-order chi connectivity index (χ0) is 20.6. The van der Waals surface area contributed by atoms with E-state index in [1.165, 1.54) is 6.20 Å². The Morgan fingerprint density at radius 3 is 2.79 bits per heavy atom. The first kappa shape index (κ1) is 21.0. The van der Waals surface area contributed by atoms with Gasteiger partial charge in [0.05, 0.1) is 24.6 Å². The van der Waals surface area contributed by atoms with Crippen LogP contribution in [0.25, 0.3) is 0 Å². The maximum absolute atomic E-state index is 12.7. The topological polar surface area (TPSA) is 140 Å². The van der Waals surface area contributed by atoms with Crippen LogP contribution < -0.4 is 10.6 Å². The van der Waals surface area contributed by atoms with Crippen LogP contribution >= 0.6 is 0 Å².